The van der Waals surface area contributed by atoms with Crippen molar-refractivity contribution in [2.45, 2.75) is 136 Å². The molecule has 0 aromatic rings. The van der Waals surface area contributed by atoms with Crippen LogP contribution in [0.15, 0.2) is 0 Å². The smallest absolute Gasteiger partial charge is 0.187 e. The van der Waals surface area contributed by atoms with Crippen LogP contribution >= 0.6 is 0 Å². The molecule has 19 nitrogen and oxygen atoms in total. The lowest BCUT2D eigenvalue weighted by molar-refractivity contribution is -0.312. The second kappa shape index (κ2) is 16.1. The van der Waals surface area contributed by atoms with Crippen LogP contribution in [0.25, 0.3) is 0 Å². The molecule has 1 aliphatic carbocycles. The topological polar surface area (TPSA) is 336 Å². The van der Waals surface area contributed by atoms with Gasteiger partial charge >= 0.3 is 0 Å². The average Bonchev–Trinajstić information content (AvgIpc) is 3.35. The highest BCUT2D eigenvalue weighted by atomic mass is 16.8. The van der Waals surface area contributed by atoms with Gasteiger partial charge in [-0.2, -0.15) is 0 Å². The zero-order chi connectivity index (χ0) is 33.2. The molecule has 4 aliphatic rings. The molecule has 3 heterocycles. The van der Waals surface area contributed by atoms with Crippen LogP contribution in [-0.2, 0) is 33.2 Å². The Kier molecular flexibility index (Phi) is 13.3. The van der Waals surface area contributed by atoms with Gasteiger partial charge in [0.05, 0.1) is 31.4 Å². The minimum absolute atomic E-state index is 0.0991. The SMILES string of the molecule is CCCOC1C(OC2C(O)C(N)CC(N)C2OC2OC(CO)C(O)C(O)C2N)OC(CO)C1OC1OC(CN)C(O)C(O)C1N. The van der Waals surface area contributed by atoms with Crippen molar-refractivity contribution in [1.29, 1.82) is 0 Å². The zero-order valence-corrected chi connectivity index (χ0v) is 25.1. The van der Waals surface area contributed by atoms with Crippen molar-refractivity contribution in [2.75, 3.05) is 26.4 Å². The molecule has 3 aliphatic heterocycles. The van der Waals surface area contributed by atoms with Crippen molar-refractivity contribution in [2.24, 2.45) is 28.7 Å². The third-order valence-corrected chi connectivity index (χ3v) is 8.81. The molecular formula is C26H51N5O14. The maximum absolute atomic E-state index is 11.2. The van der Waals surface area contributed by atoms with E-state index >= 15 is 0 Å². The molecule has 0 radical (unpaired) electrons. The molecule has 17 N–H and O–H groups in total. The lowest BCUT2D eigenvalue weighted by Gasteiger charge is -2.47. The van der Waals surface area contributed by atoms with E-state index < -0.39 is 129 Å². The number of hydrogen-bond acceptors (Lipinski definition) is 19. The number of aliphatic hydroxyl groups excluding tert-OH is 7. The lowest BCUT2D eigenvalue weighted by atomic mass is 9.84. The van der Waals surface area contributed by atoms with Gasteiger partial charge in [-0.1, -0.05) is 6.92 Å². The first kappa shape index (κ1) is 37.1. The summed E-state index contributed by atoms with van der Waals surface area (Å²) in [4.78, 5) is 0. The quantitative estimate of drug-likeness (QED) is 0.0927. The van der Waals surface area contributed by atoms with Crippen LogP contribution in [0.1, 0.15) is 19.8 Å². The Morgan fingerprint density at radius 2 is 1.11 bits per heavy atom. The normalized spacial score (nSPS) is 51.0. The Balaban J connectivity index is 1.57. The van der Waals surface area contributed by atoms with Gasteiger partial charge in [-0.05, 0) is 12.8 Å². The van der Waals surface area contributed by atoms with Gasteiger partial charge < -0.3 is 97.6 Å². The molecule has 19 heteroatoms. The lowest BCUT2D eigenvalue weighted by Crippen LogP contribution is -2.68. The molecule has 0 aromatic carbocycles. The molecule has 19 unspecified atom stereocenters. The first-order valence-electron chi connectivity index (χ1n) is 15.3. The monoisotopic (exact) mass is 657 g/mol. The maximum atomic E-state index is 11.2. The van der Waals surface area contributed by atoms with E-state index in [4.69, 9.17) is 61.8 Å². The zero-order valence-electron chi connectivity index (χ0n) is 25.1. The second-order valence-electron chi connectivity index (χ2n) is 12.0. The van der Waals surface area contributed by atoms with Crippen LogP contribution in [0.3, 0.4) is 0 Å². The molecule has 0 bridgehead atoms. The van der Waals surface area contributed by atoms with Crippen LogP contribution in [0, 0.1) is 0 Å². The van der Waals surface area contributed by atoms with Crippen molar-refractivity contribution in [3.8, 4) is 0 Å². The fraction of sp³-hybridized carbons (Fsp3) is 1.00. The van der Waals surface area contributed by atoms with Crippen LogP contribution in [0.5, 0.6) is 0 Å². The molecule has 1 saturated carbocycles. The van der Waals surface area contributed by atoms with Gasteiger partial charge in [0, 0.05) is 25.2 Å². The van der Waals surface area contributed by atoms with Gasteiger partial charge in [-0.25, -0.2) is 0 Å². The van der Waals surface area contributed by atoms with Gasteiger partial charge in [-0.15, -0.1) is 0 Å². The number of nitrogens with two attached hydrogens (primary N) is 5. The highest BCUT2D eigenvalue weighted by molar-refractivity contribution is 5.02. The molecule has 0 amide bonds. The van der Waals surface area contributed by atoms with Gasteiger partial charge in [-0.3, -0.25) is 0 Å². The minimum atomic E-state index is -1.51. The van der Waals surface area contributed by atoms with Crippen LogP contribution < -0.4 is 28.7 Å². The van der Waals surface area contributed by atoms with Crippen LogP contribution in [0.2, 0.25) is 0 Å². The Labute approximate surface area is 260 Å². The molecule has 0 spiro atoms. The second-order valence-corrected chi connectivity index (χ2v) is 12.0. The van der Waals surface area contributed by atoms with Gasteiger partial charge in [0.15, 0.2) is 18.9 Å². The third kappa shape index (κ3) is 7.78. The summed E-state index contributed by atoms with van der Waals surface area (Å²) < 4.78 is 41.8. The summed E-state index contributed by atoms with van der Waals surface area (Å²) in [5.41, 5.74) is 30.4. The fourth-order valence-electron chi connectivity index (χ4n) is 6.11. The molecule has 3 saturated heterocycles. The summed E-state index contributed by atoms with van der Waals surface area (Å²) in [6, 6.07) is -4.14. The van der Waals surface area contributed by atoms with E-state index in [9.17, 15) is 35.7 Å². The van der Waals surface area contributed by atoms with Crippen molar-refractivity contribution in [1.82, 2.24) is 0 Å². The highest BCUT2D eigenvalue weighted by Crippen LogP contribution is 2.35. The molecule has 0 aromatic heterocycles. The summed E-state index contributed by atoms with van der Waals surface area (Å²) in [7, 11) is 0. The summed E-state index contributed by atoms with van der Waals surface area (Å²) in [6.07, 6.45) is -18.2. The molecule has 19 atom stereocenters. The number of aliphatic hydroxyl groups is 7. The van der Waals surface area contributed by atoms with Gasteiger partial charge in [0.1, 0.15) is 67.1 Å². The predicted octanol–water partition coefficient (Wildman–Crippen LogP) is -7.43. The van der Waals surface area contributed by atoms with Crippen LogP contribution in [-0.4, -0.2) is 178 Å². The van der Waals surface area contributed by atoms with Crippen LogP contribution in [0.4, 0.5) is 0 Å². The van der Waals surface area contributed by atoms with Gasteiger partial charge in [0.2, 0.25) is 0 Å². The predicted molar refractivity (Wildman–Crippen MR) is 150 cm³/mol. The Morgan fingerprint density at radius 1 is 0.600 bits per heavy atom. The number of hydrogen-bond donors (Lipinski definition) is 12. The van der Waals surface area contributed by atoms with Crippen molar-refractivity contribution < 1.29 is 68.9 Å². The molecule has 4 fully saturated rings. The summed E-state index contributed by atoms with van der Waals surface area (Å²) in [5.74, 6) is 0. The van der Waals surface area contributed by atoms with Gasteiger partial charge in [0.25, 0.3) is 0 Å². The fourth-order valence-corrected chi connectivity index (χ4v) is 6.11. The Bertz CT molecular complexity index is 914. The average molecular weight is 658 g/mol. The van der Waals surface area contributed by atoms with E-state index in [1.807, 2.05) is 6.92 Å². The molecule has 45 heavy (non-hydrogen) atoms. The summed E-state index contributed by atoms with van der Waals surface area (Å²) in [6.45, 7) is 0.725. The number of ether oxygens (including phenoxy) is 7. The Hall–Kier alpha value is -0.760. The van der Waals surface area contributed by atoms with E-state index in [1.54, 1.807) is 0 Å². The van der Waals surface area contributed by atoms with E-state index in [-0.39, 0.29) is 19.6 Å². The molecule has 4 rings (SSSR count). The van der Waals surface area contributed by atoms with E-state index in [0.29, 0.717) is 6.42 Å². The third-order valence-electron chi connectivity index (χ3n) is 8.81. The molecule has 264 valence electrons. The van der Waals surface area contributed by atoms with Crippen molar-refractivity contribution in [3.05, 3.63) is 0 Å². The number of rotatable bonds is 12. The maximum Gasteiger partial charge on any atom is 0.187 e. The van der Waals surface area contributed by atoms with E-state index in [2.05, 4.69) is 0 Å². The van der Waals surface area contributed by atoms with E-state index in [1.165, 1.54) is 0 Å². The standard InChI is InChI=1S/C26H51N5O14/c1-2-3-39-23-21(44-24-13(30)18(37)16(35)10(5-27)40-24)12(7-33)42-26(23)45-22-15(34)8(28)4-9(29)20(22)43-25-14(31)19(38)17(36)11(6-32)41-25/h8-26,32-38H,2-7,27-31H2,1H3. The summed E-state index contributed by atoms with van der Waals surface area (Å²) in [5, 5.41) is 72.3. The van der Waals surface area contributed by atoms with Crippen molar-refractivity contribution >= 4 is 0 Å². The van der Waals surface area contributed by atoms with E-state index in [0.717, 1.165) is 0 Å². The Morgan fingerprint density at radius 3 is 1.67 bits per heavy atom. The van der Waals surface area contributed by atoms with Crippen molar-refractivity contribution in [3.63, 3.8) is 0 Å². The molecular weight excluding hydrogens is 606 g/mol. The highest BCUT2D eigenvalue weighted by Gasteiger charge is 2.55. The first-order chi connectivity index (χ1) is 21.4. The summed E-state index contributed by atoms with van der Waals surface area (Å²) >= 11 is 0. The first-order valence-corrected chi connectivity index (χ1v) is 15.3. The minimum Gasteiger partial charge on any atom is -0.394 e. The largest absolute Gasteiger partial charge is 0.394 e.